The molecule has 0 radical (unpaired) electrons. The van der Waals surface area contributed by atoms with E-state index in [-0.39, 0.29) is 17.3 Å². The normalized spacial score (nSPS) is 15.5. The van der Waals surface area contributed by atoms with Gasteiger partial charge in [-0.3, -0.25) is 9.59 Å². The number of methoxy groups -OCH3 is 1. The van der Waals surface area contributed by atoms with Gasteiger partial charge < -0.3 is 10.1 Å². The van der Waals surface area contributed by atoms with E-state index in [1.807, 2.05) is 0 Å². The van der Waals surface area contributed by atoms with E-state index in [0.29, 0.717) is 12.1 Å². The highest BCUT2D eigenvalue weighted by atomic mass is 32.2. The Labute approximate surface area is 121 Å². The van der Waals surface area contributed by atoms with Crippen molar-refractivity contribution in [2.75, 3.05) is 19.9 Å². The summed E-state index contributed by atoms with van der Waals surface area (Å²) in [5, 5.41) is 11.1. The van der Waals surface area contributed by atoms with E-state index in [1.54, 1.807) is 30.9 Å². The molecule has 108 valence electrons. The lowest BCUT2D eigenvalue weighted by atomic mass is 10.1. The monoisotopic (exact) mass is 295 g/mol. The number of carbonyl (C=O) groups excluding carboxylic acids is 2. The molecule has 0 bridgehead atoms. The molecule has 0 aliphatic heterocycles. The van der Waals surface area contributed by atoms with Crippen molar-refractivity contribution < 1.29 is 14.3 Å². The molecule has 1 amide bonds. The maximum Gasteiger partial charge on any atom is 0.306 e. The number of nitrogens with zero attached hydrogens (tertiary/aromatic N) is 2. The summed E-state index contributed by atoms with van der Waals surface area (Å²) in [4.78, 5) is 22.7. The highest BCUT2D eigenvalue weighted by Gasteiger charge is 2.44. The molecule has 0 spiro atoms. The van der Waals surface area contributed by atoms with Crippen molar-refractivity contribution in [1.82, 2.24) is 15.5 Å². The predicted octanol–water partition coefficient (Wildman–Crippen LogP) is 1.27. The minimum Gasteiger partial charge on any atom is -0.469 e. The summed E-state index contributed by atoms with van der Waals surface area (Å²) in [5.41, 5.74) is 0.353. The predicted molar refractivity (Wildman–Crippen MR) is 74.4 cm³/mol. The maximum absolute atomic E-state index is 11.3. The van der Waals surface area contributed by atoms with Gasteiger partial charge in [-0.15, -0.1) is 22.0 Å². The van der Waals surface area contributed by atoms with Crippen LogP contribution in [0.5, 0.6) is 0 Å². The van der Waals surface area contributed by atoms with Gasteiger partial charge in [0.1, 0.15) is 5.03 Å². The molecule has 1 aliphatic carbocycles. The Kier molecular flexibility index (Phi) is 4.59. The van der Waals surface area contributed by atoms with Gasteiger partial charge in [-0.25, -0.2) is 0 Å². The molecule has 2 rings (SSSR count). The minimum atomic E-state index is -0.251. The minimum absolute atomic E-state index is 0.0545. The lowest BCUT2D eigenvalue weighted by molar-refractivity contribution is -0.141. The van der Waals surface area contributed by atoms with Gasteiger partial charge in [0.2, 0.25) is 0 Å². The van der Waals surface area contributed by atoms with Crippen molar-refractivity contribution in [3.63, 3.8) is 0 Å². The summed E-state index contributed by atoms with van der Waals surface area (Å²) >= 11 is 1.56. The van der Waals surface area contributed by atoms with Crippen molar-refractivity contribution in [2.45, 2.75) is 24.3 Å². The van der Waals surface area contributed by atoms with Gasteiger partial charge in [-0.1, -0.05) is 0 Å². The first kappa shape index (κ1) is 14.8. The molecule has 1 fully saturated rings. The molecule has 0 atom stereocenters. The van der Waals surface area contributed by atoms with Gasteiger partial charge in [-0.05, 0) is 30.4 Å². The fourth-order valence-corrected chi connectivity index (χ4v) is 2.91. The van der Waals surface area contributed by atoms with E-state index >= 15 is 0 Å². The van der Waals surface area contributed by atoms with E-state index in [0.717, 1.165) is 23.6 Å². The molecule has 1 aromatic rings. The van der Waals surface area contributed by atoms with Crippen molar-refractivity contribution in [3.8, 4) is 0 Å². The van der Waals surface area contributed by atoms with Crippen LogP contribution < -0.4 is 5.32 Å². The fraction of sp³-hybridized carbons (Fsp3) is 0.538. The number of hydrogen-bond donors (Lipinski definition) is 1. The summed E-state index contributed by atoms with van der Waals surface area (Å²) < 4.78 is 4.71. The average Bonchev–Trinajstić information content (AvgIpc) is 3.24. The molecule has 7 heteroatoms. The van der Waals surface area contributed by atoms with Crippen LogP contribution in [0.4, 0.5) is 0 Å². The molecule has 1 heterocycles. The van der Waals surface area contributed by atoms with Crippen LogP contribution in [-0.4, -0.2) is 42.0 Å². The first-order valence-corrected chi connectivity index (χ1v) is 7.32. The molecule has 1 aliphatic rings. The van der Waals surface area contributed by atoms with Gasteiger partial charge >= 0.3 is 5.97 Å². The zero-order valence-corrected chi connectivity index (χ0v) is 12.3. The van der Waals surface area contributed by atoms with Crippen LogP contribution in [0.1, 0.15) is 29.8 Å². The van der Waals surface area contributed by atoms with E-state index in [4.69, 9.17) is 4.74 Å². The standard InChI is InChI=1S/C13H17N3O3S/c1-14-12(18)9-3-4-10(16-15-9)20-8-13(5-6-13)7-11(17)19-2/h3-4H,5-8H2,1-2H3,(H,14,18). The van der Waals surface area contributed by atoms with Crippen LogP contribution in [-0.2, 0) is 9.53 Å². The lowest BCUT2D eigenvalue weighted by Gasteiger charge is -2.12. The number of rotatable bonds is 6. The zero-order valence-electron chi connectivity index (χ0n) is 11.5. The first-order valence-electron chi connectivity index (χ1n) is 6.34. The number of amides is 1. The van der Waals surface area contributed by atoms with E-state index in [9.17, 15) is 9.59 Å². The van der Waals surface area contributed by atoms with Gasteiger partial charge in [0.05, 0.1) is 13.5 Å². The summed E-state index contributed by atoms with van der Waals surface area (Å²) in [6.07, 6.45) is 2.54. The molecule has 6 nitrogen and oxygen atoms in total. The Hall–Kier alpha value is -1.63. The molecule has 1 aromatic heterocycles. The lowest BCUT2D eigenvalue weighted by Crippen LogP contribution is -2.19. The van der Waals surface area contributed by atoms with Crippen LogP contribution in [0.15, 0.2) is 17.2 Å². The van der Waals surface area contributed by atoms with Crippen molar-refractivity contribution in [2.24, 2.45) is 5.41 Å². The number of thioether (sulfide) groups is 1. The Morgan fingerprint density at radius 2 is 2.15 bits per heavy atom. The second-order valence-corrected chi connectivity index (χ2v) is 5.87. The SMILES string of the molecule is CNC(=O)c1ccc(SCC2(CC(=O)OC)CC2)nn1. The summed E-state index contributed by atoms with van der Waals surface area (Å²) in [6.45, 7) is 0. The number of nitrogens with one attached hydrogen (secondary N) is 1. The largest absolute Gasteiger partial charge is 0.469 e. The third-order valence-corrected chi connectivity index (χ3v) is 4.60. The highest BCUT2D eigenvalue weighted by molar-refractivity contribution is 7.99. The maximum atomic E-state index is 11.3. The third-order valence-electron chi connectivity index (χ3n) is 3.33. The van der Waals surface area contributed by atoms with Gasteiger partial charge in [0.15, 0.2) is 5.69 Å². The molecule has 0 unspecified atom stereocenters. The van der Waals surface area contributed by atoms with E-state index in [1.165, 1.54) is 7.11 Å². The Morgan fingerprint density at radius 3 is 2.65 bits per heavy atom. The second-order valence-electron chi connectivity index (χ2n) is 4.88. The first-order chi connectivity index (χ1) is 9.58. The topological polar surface area (TPSA) is 81.2 Å². The molecule has 0 aromatic carbocycles. The Morgan fingerprint density at radius 1 is 1.40 bits per heavy atom. The Bertz CT molecular complexity index is 500. The molecular weight excluding hydrogens is 278 g/mol. The quantitative estimate of drug-likeness (QED) is 0.629. The van der Waals surface area contributed by atoms with Gasteiger partial charge in [-0.2, -0.15) is 0 Å². The summed E-state index contributed by atoms with van der Waals surface area (Å²) in [6, 6.07) is 3.42. The third kappa shape index (κ3) is 3.69. The molecule has 20 heavy (non-hydrogen) atoms. The molecule has 1 N–H and O–H groups in total. The number of hydrogen-bond acceptors (Lipinski definition) is 6. The van der Waals surface area contributed by atoms with Gasteiger partial charge in [0.25, 0.3) is 5.91 Å². The molecule has 0 saturated heterocycles. The summed E-state index contributed by atoms with van der Waals surface area (Å²) in [7, 11) is 2.96. The van der Waals surface area contributed by atoms with Crippen LogP contribution in [0.2, 0.25) is 0 Å². The van der Waals surface area contributed by atoms with Crippen molar-refractivity contribution in [3.05, 3.63) is 17.8 Å². The molecular formula is C13H17N3O3S. The number of esters is 1. The Balaban J connectivity index is 1.88. The van der Waals surface area contributed by atoms with Crippen molar-refractivity contribution >= 4 is 23.6 Å². The van der Waals surface area contributed by atoms with E-state index in [2.05, 4.69) is 15.5 Å². The van der Waals surface area contributed by atoms with Crippen LogP contribution >= 0.6 is 11.8 Å². The zero-order chi connectivity index (χ0) is 14.6. The number of carbonyl (C=O) groups is 2. The highest BCUT2D eigenvalue weighted by Crippen LogP contribution is 2.51. The summed E-state index contributed by atoms with van der Waals surface area (Å²) in [5.74, 6) is 0.401. The van der Waals surface area contributed by atoms with Crippen LogP contribution in [0.3, 0.4) is 0 Å². The van der Waals surface area contributed by atoms with Crippen molar-refractivity contribution in [1.29, 1.82) is 0 Å². The van der Waals surface area contributed by atoms with Crippen LogP contribution in [0, 0.1) is 5.41 Å². The second kappa shape index (κ2) is 6.21. The van der Waals surface area contributed by atoms with Gasteiger partial charge in [0, 0.05) is 12.8 Å². The fourth-order valence-electron chi connectivity index (χ4n) is 1.80. The van der Waals surface area contributed by atoms with Crippen LogP contribution in [0.25, 0.3) is 0 Å². The molecule has 1 saturated carbocycles. The number of aromatic nitrogens is 2. The van der Waals surface area contributed by atoms with E-state index < -0.39 is 0 Å². The smallest absolute Gasteiger partial charge is 0.306 e. The number of ether oxygens (including phenoxy) is 1. The average molecular weight is 295 g/mol.